The second-order valence-electron chi connectivity index (χ2n) is 7.50. The van der Waals surface area contributed by atoms with Crippen LogP contribution in [0.4, 0.5) is 4.79 Å². The maximum absolute atomic E-state index is 13.0. The number of nitrogens with zero attached hydrogens (tertiary/aromatic N) is 2. The number of aryl methyl sites for hydroxylation is 1. The molecule has 0 saturated heterocycles. The number of amides is 2. The summed E-state index contributed by atoms with van der Waals surface area (Å²) in [4.78, 5) is 17.5. The minimum Gasteiger partial charge on any atom is -0.497 e. The first-order chi connectivity index (χ1) is 14.4. The van der Waals surface area contributed by atoms with Crippen molar-refractivity contribution in [1.29, 1.82) is 0 Å². The van der Waals surface area contributed by atoms with Crippen molar-refractivity contribution in [2.24, 2.45) is 13.0 Å². The minimum absolute atomic E-state index is 0.158. The van der Waals surface area contributed by atoms with Gasteiger partial charge in [0.1, 0.15) is 17.6 Å². The zero-order chi connectivity index (χ0) is 21.7. The van der Waals surface area contributed by atoms with E-state index in [9.17, 15) is 4.79 Å². The number of aromatic nitrogens is 2. The molecule has 0 fully saturated rings. The molecule has 0 saturated carbocycles. The third kappa shape index (κ3) is 5.13. The Morgan fingerprint density at radius 1 is 1.10 bits per heavy atom. The molecule has 1 aromatic heterocycles. The Morgan fingerprint density at radius 2 is 1.83 bits per heavy atom. The summed E-state index contributed by atoms with van der Waals surface area (Å²) in [5.41, 5.74) is 1.88. The van der Waals surface area contributed by atoms with Gasteiger partial charge in [-0.15, -0.1) is 0 Å². The fourth-order valence-corrected chi connectivity index (χ4v) is 3.52. The van der Waals surface area contributed by atoms with Gasteiger partial charge in [-0.1, -0.05) is 49.7 Å². The van der Waals surface area contributed by atoms with E-state index >= 15 is 0 Å². The highest BCUT2D eigenvalue weighted by Gasteiger charge is 2.24. The topological polar surface area (TPSA) is 68.2 Å². The average Bonchev–Trinajstić information content (AvgIpc) is 3.16. The van der Waals surface area contributed by atoms with Crippen LogP contribution in [0.2, 0.25) is 5.02 Å². The highest BCUT2D eigenvalue weighted by molar-refractivity contribution is 6.30. The van der Waals surface area contributed by atoms with Gasteiger partial charge < -0.3 is 19.9 Å². The second-order valence-corrected chi connectivity index (χ2v) is 7.93. The lowest BCUT2D eigenvalue weighted by atomic mass is 9.96. The molecule has 6 nitrogen and oxygen atoms in total. The van der Waals surface area contributed by atoms with Crippen LogP contribution >= 0.6 is 11.6 Å². The third-order valence-corrected chi connectivity index (χ3v) is 5.25. The Hall–Kier alpha value is -2.99. The number of carbonyl (C=O) groups excluding carboxylic acids is 1. The summed E-state index contributed by atoms with van der Waals surface area (Å²) < 4.78 is 7.25. The smallest absolute Gasteiger partial charge is 0.316 e. The molecule has 158 valence electrons. The van der Waals surface area contributed by atoms with Gasteiger partial charge in [-0.05, 0) is 41.3 Å². The minimum atomic E-state index is -0.432. The molecule has 2 amide bonds. The van der Waals surface area contributed by atoms with Gasteiger partial charge in [-0.25, -0.2) is 9.78 Å². The molecule has 0 spiro atoms. The van der Waals surface area contributed by atoms with Crippen molar-refractivity contribution in [3.8, 4) is 5.75 Å². The number of rotatable bonds is 7. The number of imidazole rings is 1. The third-order valence-electron chi connectivity index (χ3n) is 5.00. The summed E-state index contributed by atoms with van der Waals surface area (Å²) >= 11 is 6.02. The van der Waals surface area contributed by atoms with Gasteiger partial charge in [-0.2, -0.15) is 0 Å². The van der Waals surface area contributed by atoms with Crippen LogP contribution in [-0.4, -0.2) is 22.7 Å². The number of carbonyl (C=O) groups is 1. The molecule has 3 aromatic rings. The summed E-state index contributed by atoms with van der Waals surface area (Å²) in [6, 6.07) is 14.3. The number of benzene rings is 2. The molecule has 2 N–H and O–H groups in total. The van der Waals surface area contributed by atoms with E-state index in [-0.39, 0.29) is 18.0 Å². The molecule has 0 aliphatic rings. The Labute approximate surface area is 182 Å². The number of hydrogen-bond acceptors (Lipinski definition) is 3. The van der Waals surface area contributed by atoms with Crippen molar-refractivity contribution < 1.29 is 9.53 Å². The fraction of sp³-hybridized carbons (Fsp3) is 0.304. The van der Waals surface area contributed by atoms with E-state index in [4.69, 9.17) is 16.3 Å². The lowest BCUT2D eigenvalue weighted by Crippen LogP contribution is -2.42. The normalized spacial score (nSPS) is 13.0. The van der Waals surface area contributed by atoms with Crippen LogP contribution in [0.1, 0.15) is 42.9 Å². The Kier molecular flexibility index (Phi) is 7.00. The van der Waals surface area contributed by atoms with E-state index in [0.29, 0.717) is 5.02 Å². The van der Waals surface area contributed by atoms with Crippen LogP contribution in [0.25, 0.3) is 0 Å². The molecular formula is C23H27ClN4O2. The molecule has 2 aromatic carbocycles. The highest BCUT2D eigenvalue weighted by Crippen LogP contribution is 2.26. The number of methoxy groups -OCH3 is 1. The molecule has 1 heterocycles. The molecule has 2 atom stereocenters. The number of nitrogens with one attached hydrogen (secondary N) is 2. The standard InChI is InChI=1S/C23H27ClN4O2/c1-15(2)20(16-8-10-18(24)11-9-16)26-23(29)27-21(22-25-12-13-28(22)3)17-6-5-7-19(14-17)30-4/h5-15,20-21H,1-4H3,(H2,26,27,29)/t20-,21-/m0/s1. The molecule has 0 bridgehead atoms. The van der Waals surface area contributed by atoms with Crippen molar-refractivity contribution in [1.82, 2.24) is 20.2 Å². The van der Waals surface area contributed by atoms with Gasteiger partial charge in [0.05, 0.1) is 13.2 Å². The SMILES string of the molecule is COc1cccc([C@H](NC(=O)N[C@H](c2ccc(Cl)cc2)C(C)C)c2nccn2C)c1. The lowest BCUT2D eigenvalue weighted by molar-refractivity contribution is 0.230. The van der Waals surface area contributed by atoms with Crippen molar-refractivity contribution in [3.05, 3.63) is 82.9 Å². The van der Waals surface area contributed by atoms with E-state index in [1.54, 1.807) is 13.3 Å². The molecule has 30 heavy (non-hydrogen) atoms. The zero-order valence-corrected chi connectivity index (χ0v) is 18.4. The summed E-state index contributed by atoms with van der Waals surface area (Å²) in [6.45, 7) is 4.13. The van der Waals surface area contributed by atoms with E-state index in [1.807, 2.05) is 66.3 Å². The van der Waals surface area contributed by atoms with Crippen molar-refractivity contribution in [2.45, 2.75) is 25.9 Å². The number of hydrogen-bond donors (Lipinski definition) is 2. The maximum atomic E-state index is 13.0. The van der Waals surface area contributed by atoms with Gasteiger partial charge in [0, 0.05) is 24.5 Å². The summed E-state index contributed by atoms with van der Waals surface area (Å²) in [7, 11) is 3.52. The van der Waals surface area contributed by atoms with Gasteiger partial charge in [-0.3, -0.25) is 0 Å². The van der Waals surface area contributed by atoms with E-state index in [2.05, 4.69) is 29.5 Å². The van der Waals surface area contributed by atoms with E-state index < -0.39 is 6.04 Å². The first kappa shape index (κ1) is 21.7. The maximum Gasteiger partial charge on any atom is 0.316 e. The second kappa shape index (κ2) is 9.67. The molecular weight excluding hydrogens is 400 g/mol. The quantitative estimate of drug-likeness (QED) is 0.566. The first-order valence-electron chi connectivity index (χ1n) is 9.82. The summed E-state index contributed by atoms with van der Waals surface area (Å²) in [6.07, 6.45) is 3.57. The van der Waals surface area contributed by atoms with Crippen LogP contribution in [-0.2, 0) is 7.05 Å². The molecule has 0 unspecified atom stereocenters. The van der Waals surface area contributed by atoms with Crippen LogP contribution < -0.4 is 15.4 Å². The predicted octanol–water partition coefficient (Wildman–Crippen LogP) is 4.87. The van der Waals surface area contributed by atoms with E-state index in [0.717, 1.165) is 22.7 Å². The molecule has 7 heteroatoms. The van der Waals surface area contributed by atoms with E-state index in [1.165, 1.54) is 0 Å². The van der Waals surface area contributed by atoms with Crippen LogP contribution in [0.15, 0.2) is 60.9 Å². The number of halogens is 1. The van der Waals surface area contributed by atoms with Crippen LogP contribution in [0.3, 0.4) is 0 Å². The predicted molar refractivity (Wildman–Crippen MR) is 119 cm³/mol. The number of ether oxygens (including phenoxy) is 1. The Morgan fingerprint density at radius 3 is 2.43 bits per heavy atom. The van der Waals surface area contributed by atoms with Crippen molar-refractivity contribution >= 4 is 17.6 Å². The largest absolute Gasteiger partial charge is 0.497 e. The molecule has 0 radical (unpaired) electrons. The zero-order valence-electron chi connectivity index (χ0n) is 17.6. The molecule has 3 rings (SSSR count). The lowest BCUT2D eigenvalue weighted by Gasteiger charge is -2.26. The molecule has 0 aliphatic heterocycles. The fourth-order valence-electron chi connectivity index (χ4n) is 3.39. The average molecular weight is 427 g/mol. The van der Waals surface area contributed by atoms with Crippen molar-refractivity contribution in [3.63, 3.8) is 0 Å². The Bertz CT molecular complexity index is 985. The van der Waals surface area contributed by atoms with Crippen LogP contribution in [0, 0.1) is 5.92 Å². The van der Waals surface area contributed by atoms with Gasteiger partial charge >= 0.3 is 6.03 Å². The highest BCUT2D eigenvalue weighted by atomic mass is 35.5. The van der Waals surface area contributed by atoms with Crippen molar-refractivity contribution in [2.75, 3.05) is 7.11 Å². The summed E-state index contributed by atoms with van der Waals surface area (Å²) in [5.74, 6) is 1.64. The Balaban J connectivity index is 1.85. The van der Waals surface area contributed by atoms with Gasteiger partial charge in [0.2, 0.25) is 0 Å². The number of urea groups is 1. The van der Waals surface area contributed by atoms with Crippen LogP contribution in [0.5, 0.6) is 5.75 Å². The van der Waals surface area contributed by atoms with Gasteiger partial charge in [0.25, 0.3) is 0 Å². The van der Waals surface area contributed by atoms with Gasteiger partial charge in [0.15, 0.2) is 0 Å². The monoisotopic (exact) mass is 426 g/mol. The summed E-state index contributed by atoms with van der Waals surface area (Å²) in [5, 5.41) is 6.85. The first-order valence-corrected chi connectivity index (χ1v) is 10.2. The molecule has 0 aliphatic carbocycles.